The highest BCUT2D eigenvalue weighted by Crippen LogP contribution is 2.25. The number of halogens is 1. The molecular formula is C8H9BrN2O. The molecule has 0 aromatic carbocycles. The van der Waals surface area contributed by atoms with Crippen molar-refractivity contribution in [3.63, 3.8) is 0 Å². The zero-order valence-corrected chi connectivity index (χ0v) is 8.17. The van der Waals surface area contributed by atoms with Crippen LogP contribution in [0.4, 0.5) is 0 Å². The molecule has 1 aromatic heterocycles. The number of aryl methyl sites for hydroxylation is 1. The van der Waals surface area contributed by atoms with Gasteiger partial charge in [0.05, 0.1) is 10.2 Å². The van der Waals surface area contributed by atoms with Gasteiger partial charge in [0.1, 0.15) is 5.69 Å². The van der Waals surface area contributed by atoms with Crippen LogP contribution in [0.2, 0.25) is 0 Å². The summed E-state index contributed by atoms with van der Waals surface area (Å²) in [4.78, 5) is 10.5. The van der Waals surface area contributed by atoms with Crippen molar-refractivity contribution < 1.29 is 4.79 Å². The maximum atomic E-state index is 10.5. The van der Waals surface area contributed by atoms with Gasteiger partial charge in [-0.25, -0.2) is 0 Å². The van der Waals surface area contributed by atoms with Crippen molar-refractivity contribution in [2.45, 2.75) is 25.8 Å². The van der Waals surface area contributed by atoms with Crippen LogP contribution in [0.1, 0.15) is 29.0 Å². The number of fused-ring (bicyclic) bond motifs is 1. The Labute approximate surface area is 78.9 Å². The zero-order valence-electron chi connectivity index (χ0n) is 6.59. The first-order valence-electron chi connectivity index (χ1n) is 4.03. The predicted molar refractivity (Wildman–Crippen MR) is 48.3 cm³/mol. The lowest BCUT2D eigenvalue weighted by molar-refractivity contribution is 0.111. The van der Waals surface area contributed by atoms with Gasteiger partial charge in [0, 0.05) is 6.54 Å². The van der Waals surface area contributed by atoms with Crippen molar-refractivity contribution in [1.82, 2.24) is 9.78 Å². The second-order valence-corrected chi connectivity index (χ2v) is 3.74. The molecule has 0 aliphatic carbocycles. The van der Waals surface area contributed by atoms with E-state index in [1.807, 2.05) is 4.68 Å². The van der Waals surface area contributed by atoms with Gasteiger partial charge in [-0.2, -0.15) is 5.10 Å². The van der Waals surface area contributed by atoms with Crippen molar-refractivity contribution in [3.8, 4) is 0 Å². The van der Waals surface area contributed by atoms with E-state index in [4.69, 9.17) is 0 Å². The summed E-state index contributed by atoms with van der Waals surface area (Å²) >= 11 is 3.38. The van der Waals surface area contributed by atoms with Crippen LogP contribution in [0.3, 0.4) is 0 Å². The summed E-state index contributed by atoms with van der Waals surface area (Å²) < 4.78 is 2.81. The summed E-state index contributed by atoms with van der Waals surface area (Å²) in [6.45, 7) is 0.946. The SMILES string of the molecule is O=Cc1nn2c(c1Br)CCCC2. The van der Waals surface area contributed by atoms with E-state index in [1.165, 1.54) is 18.5 Å². The lowest BCUT2D eigenvalue weighted by Gasteiger charge is -2.12. The van der Waals surface area contributed by atoms with Crippen LogP contribution in [-0.4, -0.2) is 16.1 Å². The average Bonchev–Trinajstić information content (AvgIpc) is 2.44. The molecule has 2 heterocycles. The predicted octanol–water partition coefficient (Wildman–Crippen LogP) is 1.79. The maximum Gasteiger partial charge on any atom is 0.171 e. The summed E-state index contributed by atoms with van der Waals surface area (Å²) in [5.74, 6) is 0. The number of rotatable bonds is 1. The highest BCUT2D eigenvalue weighted by molar-refractivity contribution is 9.10. The number of carbonyl (C=O) groups is 1. The van der Waals surface area contributed by atoms with E-state index in [0.717, 1.165) is 23.7 Å². The number of aromatic nitrogens is 2. The van der Waals surface area contributed by atoms with Crippen molar-refractivity contribution in [1.29, 1.82) is 0 Å². The quantitative estimate of drug-likeness (QED) is 0.688. The summed E-state index contributed by atoms with van der Waals surface area (Å²) in [7, 11) is 0. The largest absolute Gasteiger partial charge is 0.296 e. The number of nitrogens with zero attached hydrogens (tertiary/aromatic N) is 2. The third-order valence-electron chi connectivity index (χ3n) is 2.16. The minimum absolute atomic E-state index is 0.534. The zero-order chi connectivity index (χ0) is 8.55. The van der Waals surface area contributed by atoms with E-state index in [1.54, 1.807) is 0 Å². The number of aldehydes is 1. The molecule has 0 spiro atoms. The average molecular weight is 229 g/mol. The van der Waals surface area contributed by atoms with Gasteiger partial charge in [-0.05, 0) is 35.2 Å². The van der Waals surface area contributed by atoms with Crippen molar-refractivity contribution >= 4 is 22.2 Å². The third-order valence-corrected chi connectivity index (χ3v) is 3.03. The molecule has 2 rings (SSSR count). The van der Waals surface area contributed by atoms with Crippen LogP contribution in [0.5, 0.6) is 0 Å². The smallest absolute Gasteiger partial charge is 0.171 e. The minimum atomic E-state index is 0.534. The molecule has 0 fully saturated rings. The fourth-order valence-corrected chi connectivity index (χ4v) is 2.12. The number of carbonyl (C=O) groups excluding carboxylic acids is 1. The van der Waals surface area contributed by atoms with Crippen LogP contribution in [0.25, 0.3) is 0 Å². The lowest BCUT2D eigenvalue weighted by Crippen LogP contribution is -2.11. The Kier molecular flexibility index (Phi) is 2.00. The number of hydrogen-bond acceptors (Lipinski definition) is 2. The van der Waals surface area contributed by atoms with Crippen LogP contribution < -0.4 is 0 Å². The topological polar surface area (TPSA) is 34.9 Å². The molecule has 1 aliphatic heterocycles. The van der Waals surface area contributed by atoms with Gasteiger partial charge in [-0.15, -0.1) is 0 Å². The molecule has 4 heteroatoms. The van der Waals surface area contributed by atoms with Gasteiger partial charge in [-0.3, -0.25) is 9.48 Å². The fraction of sp³-hybridized carbons (Fsp3) is 0.500. The standard InChI is InChI=1S/C8H9BrN2O/c9-8-6(5-12)10-11-4-2-1-3-7(8)11/h5H,1-4H2. The van der Waals surface area contributed by atoms with Gasteiger partial charge in [0.2, 0.25) is 0 Å². The molecule has 0 amide bonds. The van der Waals surface area contributed by atoms with E-state index >= 15 is 0 Å². The molecule has 0 saturated heterocycles. The third kappa shape index (κ3) is 1.10. The molecule has 0 unspecified atom stereocenters. The van der Waals surface area contributed by atoms with Crippen LogP contribution >= 0.6 is 15.9 Å². The Morgan fingerprint density at radius 3 is 3.00 bits per heavy atom. The Morgan fingerprint density at radius 2 is 2.33 bits per heavy atom. The van der Waals surface area contributed by atoms with Crippen molar-refractivity contribution in [2.24, 2.45) is 0 Å². The summed E-state index contributed by atoms with van der Waals surface area (Å²) in [5.41, 5.74) is 1.70. The van der Waals surface area contributed by atoms with Crippen molar-refractivity contribution in [3.05, 3.63) is 15.9 Å². The molecule has 12 heavy (non-hydrogen) atoms. The molecule has 0 radical (unpaired) electrons. The Hall–Kier alpha value is -0.640. The van der Waals surface area contributed by atoms with E-state index in [-0.39, 0.29) is 0 Å². The molecule has 1 aliphatic rings. The first kappa shape index (κ1) is 7.98. The van der Waals surface area contributed by atoms with Gasteiger partial charge in [0.25, 0.3) is 0 Å². The fourth-order valence-electron chi connectivity index (χ4n) is 1.55. The van der Waals surface area contributed by atoms with Crippen LogP contribution in [0.15, 0.2) is 4.47 Å². The minimum Gasteiger partial charge on any atom is -0.296 e. The Morgan fingerprint density at radius 1 is 1.50 bits per heavy atom. The first-order valence-corrected chi connectivity index (χ1v) is 4.82. The molecular weight excluding hydrogens is 220 g/mol. The van der Waals surface area contributed by atoms with Gasteiger partial charge in [0.15, 0.2) is 6.29 Å². The molecule has 0 atom stereocenters. The summed E-state index contributed by atoms with van der Waals surface area (Å²) in [6.07, 6.45) is 4.19. The summed E-state index contributed by atoms with van der Waals surface area (Å²) in [6, 6.07) is 0. The highest BCUT2D eigenvalue weighted by atomic mass is 79.9. The number of hydrogen-bond donors (Lipinski definition) is 0. The first-order chi connectivity index (χ1) is 5.83. The Balaban J connectivity index is 2.51. The molecule has 0 bridgehead atoms. The highest BCUT2D eigenvalue weighted by Gasteiger charge is 2.17. The molecule has 64 valence electrons. The normalized spacial score (nSPS) is 15.8. The molecule has 3 nitrogen and oxygen atoms in total. The van der Waals surface area contributed by atoms with E-state index in [9.17, 15) is 4.79 Å². The maximum absolute atomic E-state index is 10.5. The monoisotopic (exact) mass is 228 g/mol. The van der Waals surface area contributed by atoms with Gasteiger partial charge < -0.3 is 0 Å². The Bertz CT molecular complexity index is 319. The molecule has 1 aromatic rings. The van der Waals surface area contributed by atoms with E-state index in [2.05, 4.69) is 21.0 Å². The second-order valence-electron chi connectivity index (χ2n) is 2.94. The lowest BCUT2D eigenvalue weighted by atomic mass is 10.1. The van der Waals surface area contributed by atoms with Crippen LogP contribution in [-0.2, 0) is 13.0 Å². The van der Waals surface area contributed by atoms with Crippen LogP contribution in [0, 0.1) is 0 Å². The molecule has 0 saturated carbocycles. The van der Waals surface area contributed by atoms with Gasteiger partial charge in [-0.1, -0.05) is 0 Å². The van der Waals surface area contributed by atoms with E-state index < -0.39 is 0 Å². The second kappa shape index (κ2) is 3.01. The summed E-state index contributed by atoms with van der Waals surface area (Å²) in [5, 5.41) is 4.17. The van der Waals surface area contributed by atoms with Gasteiger partial charge >= 0.3 is 0 Å². The van der Waals surface area contributed by atoms with E-state index in [0.29, 0.717) is 5.69 Å². The molecule has 0 N–H and O–H groups in total. The van der Waals surface area contributed by atoms with Crippen molar-refractivity contribution in [2.75, 3.05) is 0 Å².